The number of rotatable bonds is 1. The number of nitrogens with one attached hydrogen (secondary N) is 2. The van der Waals surface area contributed by atoms with E-state index in [-0.39, 0.29) is 11.8 Å². The van der Waals surface area contributed by atoms with E-state index in [1.807, 2.05) is 6.92 Å². The third kappa shape index (κ3) is 2.22. The largest absolute Gasteiger partial charge is 0.465 e. The summed E-state index contributed by atoms with van der Waals surface area (Å²) < 4.78 is 4.65. The fraction of sp³-hybridized carbons (Fsp3) is 0.333. The molecule has 0 aromatic heterocycles. The number of methoxy groups -OCH3 is 1. The molecule has 0 fully saturated rings. The molecule has 0 saturated carbocycles. The van der Waals surface area contributed by atoms with Gasteiger partial charge in [-0.05, 0) is 18.2 Å². The van der Waals surface area contributed by atoms with E-state index >= 15 is 0 Å². The first-order chi connectivity index (χ1) is 8.11. The van der Waals surface area contributed by atoms with Crippen molar-refractivity contribution >= 4 is 23.3 Å². The summed E-state index contributed by atoms with van der Waals surface area (Å²) in [5.41, 5.74) is 1.89. The Morgan fingerprint density at radius 3 is 2.88 bits per heavy atom. The normalized spacial score (nSPS) is 18.5. The minimum absolute atomic E-state index is 0.0259. The Labute approximate surface area is 99.2 Å². The van der Waals surface area contributed by atoms with Crippen LogP contribution in [0, 0.1) is 5.92 Å². The zero-order valence-electron chi connectivity index (χ0n) is 9.74. The number of carbonyl (C=O) groups excluding carboxylic acids is 2. The van der Waals surface area contributed by atoms with Gasteiger partial charge in [0.2, 0.25) is 5.91 Å². The Bertz CT molecular complexity index is 471. The third-order valence-electron chi connectivity index (χ3n) is 2.74. The number of amides is 1. The molecule has 1 amide bonds. The van der Waals surface area contributed by atoms with E-state index in [4.69, 9.17) is 0 Å². The average Bonchev–Trinajstić information content (AvgIpc) is 2.48. The van der Waals surface area contributed by atoms with Gasteiger partial charge in [0.15, 0.2) is 0 Å². The van der Waals surface area contributed by atoms with Crippen molar-refractivity contribution in [3.8, 4) is 0 Å². The molecule has 1 heterocycles. The molecule has 1 unspecified atom stereocenters. The van der Waals surface area contributed by atoms with E-state index in [0.29, 0.717) is 17.8 Å². The molecule has 0 spiro atoms. The SMILES string of the molecule is COC(=O)c1ccc2c(c1)NCC(C)C(=O)N2. The zero-order valence-corrected chi connectivity index (χ0v) is 9.74. The van der Waals surface area contributed by atoms with Crippen molar-refractivity contribution in [2.75, 3.05) is 24.3 Å². The maximum absolute atomic E-state index is 11.6. The Balaban J connectivity index is 2.34. The first kappa shape index (κ1) is 11.4. The molecule has 1 aromatic rings. The van der Waals surface area contributed by atoms with Gasteiger partial charge in [-0.15, -0.1) is 0 Å². The molecule has 5 nitrogen and oxygen atoms in total. The fourth-order valence-corrected chi connectivity index (χ4v) is 1.66. The number of hydrogen-bond donors (Lipinski definition) is 2. The summed E-state index contributed by atoms with van der Waals surface area (Å²) in [6.45, 7) is 2.39. The summed E-state index contributed by atoms with van der Waals surface area (Å²) in [7, 11) is 1.34. The minimum atomic E-state index is -0.391. The van der Waals surface area contributed by atoms with Gasteiger partial charge in [-0.2, -0.15) is 0 Å². The molecule has 0 saturated heterocycles. The monoisotopic (exact) mass is 234 g/mol. The summed E-state index contributed by atoms with van der Waals surface area (Å²) >= 11 is 0. The van der Waals surface area contributed by atoms with E-state index in [1.165, 1.54) is 7.11 Å². The number of ether oxygens (including phenoxy) is 1. The molecule has 1 aliphatic rings. The van der Waals surface area contributed by atoms with Crippen LogP contribution in [0.2, 0.25) is 0 Å². The summed E-state index contributed by atoms with van der Waals surface area (Å²) in [6.07, 6.45) is 0. The Hall–Kier alpha value is -2.04. The number of carbonyl (C=O) groups is 2. The Morgan fingerprint density at radius 1 is 1.41 bits per heavy atom. The van der Waals surface area contributed by atoms with Gasteiger partial charge in [-0.1, -0.05) is 6.92 Å². The van der Waals surface area contributed by atoms with E-state index in [1.54, 1.807) is 18.2 Å². The quantitative estimate of drug-likeness (QED) is 0.722. The van der Waals surface area contributed by atoms with Crippen LogP contribution in [0.3, 0.4) is 0 Å². The maximum Gasteiger partial charge on any atom is 0.337 e. The summed E-state index contributed by atoms with van der Waals surface area (Å²) in [5, 5.41) is 5.94. The molecule has 1 aromatic carbocycles. The van der Waals surface area contributed by atoms with Gasteiger partial charge in [0.1, 0.15) is 0 Å². The third-order valence-corrected chi connectivity index (χ3v) is 2.74. The molecule has 90 valence electrons. The van der Waals surface area contributed by atoms with E-state index in [0.717, 1.165) is 5.69 Å². The highest BCUT2D eigenvalue weighted by molar-refractivity contribution is 5.99. The number of hydrogen-bond acceptors (Lipinski definition) is 4. The highest BCUT2D eigenvalue weighted by atomic mass is 16.5. The molecule has 2 rings (SSSR count). The van der Waals surface area contributed by atoms with Crippen molar-refractivity contribution in [3.63, 3.8) is 0 Å². The lowest BCUT2D eigenvalue weighted by Gasteiger charge is -2.08. The first-order valence-corrected chi connectivity index (χ1v) is 5.39. The highest BCUT2D eigenvalue weighted by Gasteiger charge is 2.20. The molecular weight excluding hydrogens is 220 g/mol. The van der Waals surface area contributed by atoms with Crippen molar-refractivity contribution in [1.82, 2.24) is 0 Å². The highest BCUT2D eigenvalue weighted by Crippen LogP contribution is 2.26. The molecule has 17 heavy (non-hydrogen) atoms. The second kappa shape index (κ2) is 4.45. The fourth-order valence-electron chi connectivity index (χ4n) is 1.66. The smallest absolute Gasteiger partial charge is 0.337 e. The van der Waals surface area contributed by atoms with Crippen LogP contribution >= 0.6 is 0 Å². The lowest BCUT2D eigenvalue weighted by molar-refractivity contribution is -0.118. The number of anilines is 2. The van der Waals surface area contributed by atoms with E-state index < -0.39 is 5.97 Å². The topological polar surface area (TPSA) is 67.4 Å². The van der Waals surface area contributed by atoms with E-state index in [2.05, 4.69) is 15.4 Å². The van der Waals surface area contributed by atoms with Crippen LogP contribution in [-0.4, -0.2) is 25.5 Å². The molecule has 1 aliphatic heterocycles. The number of esters is 1. The predicted molar refractivity (Wildman–Crippen MR) is 64.1 cm³/mol. The second-order valence-corrected chi connectivity index (χ2v) is 4.02. The standard InChI is InChI=1S/C12H14N2O3/c1-7-6-13-10-5-8(12(16)17-2)3-4-9(10)14-11(7)15/h3-5,7,13H,6H2,1-2H3,(H,14,15). The van der Waals surface area contributed by atoms with Gasteiger partial charge in [-0.3, -0.25) is 4.79 Å². The Morgan fingerprint density at radius 2 is 2.18 bits per heavy atom. The van der Waals surface area contributed by atoms with Crippen LogP contribution in [0.25, 0.3) is 0 Å². The van der Waals surface area contributed by atoms with E-state index in [9.17, 15) is 9.59 Å². The Kier molecular flexibility index (Phi) is 2.99. The molecule has 0 radical (unpaired) electrons. The van der Waals surface area contributed by atoms with Gasteiger partial charge in [-0.25, -0.2) is 4.79 Å². The van der Waals surface area contributed by atoms with Gasteiger partial charge in [0.05, 0.1) is 30.0 Å². The summed E-state index contributed by atoms with van der Waals surface area (Å²) in [5.74, 6) is -0.524. The number of fused-ring (bicyclic) bond motifs is 1. The molecule has 0 bridgehead atoms. The van der Waals surface area contributed by atoms with Crippen LogP contribution in [0.5, 0.6) is 0 Å². The van der Waals surface area contributed by atoms with Crippen molar-refractivity contribution in [2.45, 2.75) is 6.92 Å². The predicted octanol–water partition coefficient (Wildman–Crippen LogP) is 1.47. The maximum atomic E-state index is 11.6. The molecule has 5 heteroatoms. The minimum Gasteiger partial charge on any atom is -0.465 e. The van der Waals surface area contributed by atoms with Crippen molar-refractivity contribution in [2.24, 2.45) is 5.92 Å². The molecule has 2 N–H and O–H groups in total. The van der Waals surface area contributed by atoms with Gasteiger partial charge >= 0.3 is 5.97 Å². The first-order valence-electron chi connectivity index (χ1n) is 5.39. The van der Waals surface area contributed by atoms with Gasteiger partial charge in [0, 0.05) is 6.54 Å². The van der Waals surface area contributed by atoms with Crippen LogP contribution in [0.1, 0.15) is 17.3 Å². The molecule has 0 aliphatic carbocycles. The second-order valence-electron chi connectivity index (χ2n) is 4.02. The zero-order chi connectivity index (χ0) is 12.4. The van der Waals surface area contributed by atoms with Gasteiger partial charge in [0.25, 0.3) is 0 Å². The van der Waals surface area contributed by atoms with Crippen LogP contribution in [0.15, 0.2) is 18.2 Å². The molecule has 1 atom stereocenters. The summed E-state index contributed by atoms with van der Waals surface area (Å²) in [4.78, 5) is 23.0. The van der Waals surface area contributed by atoms with Crippen molar-refractivity contribution in [3.05, 3.63) is 23.8 Å². The number of benzene rings is 1. The van der Waals surface area contributed by atoms with Crippen LogP contribution in [0.4, 0.5) is 11.4 Å². The van der Waals surface area contributed by atoms with Crippen molar-refractivity contribution < 1.29 is 14.3 Å². The lowest BCUT2D eigenvalue weighted by Crippen LogP contribution is -2.22. The lowest BCUT2D eigenvalue weighted by atomic mass is 10.1. The molecular formula is C12H14N2O3. The van der Waals surface area contributed by atoms with Gasteiger partial charge < -0.3 is 15.4 Å². The van der Waals surface area contributed by atoms with Crippen LogP contribution < -0.4 is 10.6 Å². The average molecular weight is 234 g/mol. The summed E-state index contributed by atoms with van der Waals surface area (Å²) in [6, 6.07) is 5.01. The van der Waals surface area contributed by atoms with Crippen molar-refractivity contribution in [1.29, 1.82) is 0 Å². The van der Waals surface area contributed by atoms with Crippen LogP contribution in [-0.2, 0) is 9.53 Å².